The molecule has 6 rings (SSSR count). The lowest BCUT2D eigenvalue weighted by Gasteiger charge is -2.61. The number of hydrogen-bond acceptors (Lipinski definition) is 5. The van der Waals surface area contributed by atoms with Crippen LogP contribution in [0.2, 0.25) is 0 Å². The summed E-state index contributed by atoms with van der Waals surface area (Å²) in [7, 11) is -3.81. The Morgan fingerprint density at radius 2 is 1.88 bits per heavy atom. The van der Waals surface area contributed by atoms with Crippen LogP contribution in [0.3, 0.4) is 0 Å². The van der Waals surface area contributed by atoms with Crippen LogP contribution < -0.4 is 14.8 Å². The first-order valence-corrected chi connectivity index (χ1v) is 13.7. The van der Waals surface area contributed by atoms with E-state index in [1.165, 1.54) is 18.6 Å². The second-order valence-electron chi connectivity index (χ2n) is 10.5. The first-order valence-electron chi connectivity index (χ1n) is 12.2. The van der Waals surface area contributed by atoms with Crippen molar-refractivity contribution in [1.82, 2.24) is 19.7 Å². The maximum absolute atomic E-state index is 13.1. The van der Waals surface area contributed by atoms with Crippen molar-refractivity contribution in [2.45, 2.75) is 69.1 Å². The van der Waals surface area contributed by atoms with Crippen LogP contribution in [-0.4, -0.2) is 49.9 Å². The van der Waals surface area contributed by atoms with Crippen LogP contribution in [0, 0.1) is 34.9 Å². The van der Waals surface area contributed by atoms with Gasteiger partial charge in [-0.1, -0.05) is 12.1 Å². The summed E-state index contributed by atoms with van der Waals surface area (Å²) < 4.78 is 44.7. The molecule has 0 spiro atoms. The molecule has 1 aliphatic heterocycles. The fraction of sp³-hybridized carbons (Fsp3) is 0.667. The minimum absolute atomic E-state index is 0.0711. The smallest absolute Gasteiger partial charge is 0.277 e. The molecule has 4 saturated carbocycles. The van der Waals surface area contributed by atoms with Gasteiger partial charge in [0.1, 0.15) is 11.9 Å². The van der Waals surface area contributed by atoms with E-state index in [0.717, 1.165) is 32.1 Å². The first-order chi connectivity index (χ1) is 16.3. The van der Waals surface area contributed by atoms with Gasteiger partial charge in [-0.2, -0.15) is 23.1 Å². The molecular formula is C24H32FN5O3S. The molecule has 10 heteroatoms. The van der Waals surface area contributed by atoms with Crippen LogP contribution >= 0.6 is 0 Å². The third-order valence-electron chi connectivity index (χ3n) is 8.29. The Labute approximate surface area is 200 Å². The quantitative estimate of drug-likeness (QED) is 0.515. The van der Waals surface area contributed by atoms with Crippen molar-refractivity contribution in [2.24, 2.45) is 17.8 Å². The molecule has 1 aromatic carbocycles. The Morgan fingerprint density at radius 3 is 2.56 bits per heavy atom. The third-order valence-corrected chi connectivity index (χ3v) is 9.38. The molecule has 4 bridgehead atoms. The number of nitriles is 1. The maximum Gasteiger partial charge on any atom is 0.277 e. The van der Waals surface area contributed by atoms with Gasteiger partial charge in [-0.05, 0) is 80.4 Å². The van der Waals surface area contributed by atoms with Gasteiger partial charge in [-0.15, -0.1) is 0 Å². The van der Waals surface area contributed by atoms with E-state index >= 15 is 0 Å². The molecular weight excluding hydrogens is 457 g/mol. The zero-order valence-electron chi connectivity index (χ0n) is 19.2. The Hall–Kier alpha value is -2.06. The molecule has 0 radical (unpaired) electrons. The standard InChI is InChI=1S/C24H32FN5O3S/c25-20-5-3-16(4-6-20)14-28-34(32,33)29-23-19-9-17-8-18(10-19)12-24(23,11-17)27-15-22(31)30-7-1-2-21(30)13-26/h3-6,17-19,21,23,27-29H,1-2,7-12,14-15H2. The van der Waals surface area contributed by atoms with E-state index < -0.39 is 15.7 Å². The van der Waals surface area contributed by atoms with Gasteiger partial charge in [0.2, 0.25) is 5.91 Å². The minimum Gasteiger partial charge on any atom is -0.326 e. The maximum atomic E-state index is 13.1. The number of rotatable bonds is 8. The summed E-state index contributed by atoms with van der Waals surface area (Å²) in [5.41, 5.74) is 0.213. The van der Waals surface area contributed by atoms with Crippen molar-refractivity contribution < 1.29 is 17.6 Å². The van der Waals surface area contributed by atoms with E-state index in [4.69, 9.17) is 0 Å². The molecule has 4 aliphatic carbocycles. The first kappa shape index (κ1) is 23.7. The molecule has 3 N–H and O–H groups in total. The molecule has 4 unspecified atom stereocenters. The highest BCUT2D eigenvalue weighted by atomic mass is 32.2. The molecule has 4 atom stereocenters. The van der Waals surface area contributed by atoms with Gasteiger partial charge in [0.05, 0.1) is 12.6 Å². The Morgan fingerprint density at radius 1 is 1.18 bits per heavy atom. The van der Waals surface area contributed by atoms with Crippen LogP contribution in [0.4, 0.5) is 4.39 Å². The van der Waals surface area contributed by atoms with E-state index in [9.17, 15) is 22.9 Å². The second kappa shape index (κ2) is 9.19. The summed E-state index contributed by atoms with van der Waals surface area (Å²) in [4.78, 5) is 14.6. The summed E-state index contributed by atoms with van der Waals surface area (Å²) >= 11 is 0. The van der Waals surface area contributed by atoms with E-state index in [1.807, 2.05) is 0 Å². The number of halogens is 1. The number of carbonyl (C=O) groups excluding carboxylic acids is 1. The van der Waals surface area contributed by atoms with Crippen molar-refractivity contribution >= 4 is 16.1 Å². The minimum atomic E-state index is -3.81. The summed E-state index contributed by atoms with van der Waals surface area (Å²) in [6, 6.07) is 7.28. The SMILES string of the molecule is N#CC1CCCN1C(=O)CNC12CC3CC(CC(C3)C1NS(=O)(=O)NCc1ccc(F)cc1)C2. The highest BCUT2D eigenvalue weighted by Crippen LogP contribution is 2.55. The van der Waals surface area contributed by atoms with E-state index in [1.54, 1.807) is 17.0 Å². The molecule has 5 aliphatic rings. The Bertz CT molecular complexity index is 1060. The fourth-order valence-corrected chi connectivity index (χ4v) is 8.24. The van der Waals surface area contributed by atoms with Crippen molar-refractivity contribution in [2.75, 3.05) is 13.1 Å². The van der Waals surface area contributed by atoms with E-state index in [-0.39, 0.29) is 42.8 Å². The fourth-order valence-electron chi connectivity index (χ4n) is 7.05. The zero-order valence-corrected chi connectivity index (χ0v) is 20.0. The van der Waals surface area contributed by atoms with Crippen molar-refractivity contribution in [3.63, 3.8) is 0 Å². The monoisotopic (exact) mass is 489 g/mol. The predicted octanol–water partition coefficient (Wildman–Crippen LogP) is 1.80. The van der Waals surface area contributed by atoms with Gasteiger partial charge >= 0.3 is 0 Å². The predicted molar refractivity (Wildman–Crippen MR) is 124 cm³/mol. The molecule has 0 aromatic heterocycles. The number of nitrogens with zero attached hydrogens (tertiary/aromatic N) is 2. The van der Waals surface area contributed by atoms with Crippen molar-refractivity contribution in [3.05, 3.63) is 35.6 Å². The molecule has 8 nitrogen and oxygen atoms in total. The Balaban J connectivity index is 1.28. The highest BCUT2D eigenvalue weighted by Gasteiger charge is 2.58. The topological polar surface area (TPSA) is 114 Å². The number of benzene rings is 1. The van der Waals surface area contributed by atoms with Crippen LogP contribution in [0.25, 0.3) is 0 Å². The molecule has 1 saturated heterocycles. The van der Waals surface area contributed by atoms with E-state index in [0.29, 0.717) is 30.4 Å². The lowest BCUT2D eigenvalue weighted by Crippen LogP contribution is -2.72. The number of hydrogen-bond donors (Lipinski definition) is 3. The van der Waals surface area contributed by atoms with Gasteiger partial charge in [0, 0.05) is 24.7 Å². The molecule has 1 heterocycles. The lowest BCUT2D eigenvalue weighted by molar-refractivity contribution is -0.131. The van der Waals surface area contributed by atoms with Gasteiger partial charge < -0.3 is 10.2 Å². The number of carbonyl (C=O) groups is 1. The van der Waals surface area contributed by atoms with Crippen LogP contribution in [0.1, 0.15) is 50.5 Å². The zero-order chi connectivity index (χ0) is 23.9. The summed E-state index contributed by atoms with van der Waals surface area (Å²) in [6.45, 7) is 0.788. The number of nitrogens with one attached hydrogen (secondary N) is 3. The average Bonchev–Trinajstić information content (AvgIpc) is 3.28. The highest BCUT2D eigenvalue weighted by molar-refractivity contribution is 7.87. The van der Waals surface area contributed by atoms with Gasteiger partial charge in [-0.3, -0.25) is 4.79 Å². The molecule has 1 aromatic rings. The van der Waals surface area contributed by atoms with Crippen LogP contribution in [-0.2, 0) is 21.5 Å². The summed E-state index contributed by atoms with van der Waals surface area (Å²) in [6.07, 6.45) is 6.42. The summed E-state index contributed by atoms with van der Waals surface area (Å²) in [5.74, 6) is 0.875. The van der Waals surface area contributed by atoms with Crippen LogP contribution in [0.15, 0.2) is 24.3 Å². The largest absolute Gasteiger partial charge is 0.326 e. The molecule has 184 valence electrons. The average molecular weight is 490 g/mol. The normalized spacial score (nSPS) is 34.4. The Kier molecular flexibility index (Phi) is 6.40. The molecule has 34 heavy (non-hydrogen) atoms. The van der Waals surface area contributed by atoms with Crippen LogP contribution in [0.5, 0.6) is 0 Å². The molecule has 1 amide bonds. The number of amides is 1. The summed E-state index contributed by atoms with van der Waals surface area (Å²) in [5, 5.41) is 12.8. The van der Waals surface area contributed by atoms with Gasteiger partial charge in [0.15, 0.2) is 0 Å². The van der Waals surface area contributed by atoms with Gasteiger partial charge in [-0.25, -0.2) is 4.39 Å². The van der Waals surface area contributed by atoms with Gasteiger partial charge in [0.25, 0.3) is 10.2 Å². The van der Waals surface area contributed by atoms with Crippen molar-refractivity contribution in [3.8, 4) is 6.07 Å². The molecule has 5 fully saturated rings. The number of likely N-dealkylation sites (tertiary alicyclic amines) is 1. The van der Waals surface area contributed by atoms with E-state index in [2.05, 4.69) is 20.8 Å². The third kappa shape index (κ3) is 4.71. The second-order valence-corrected chi connectivity index (χ2v) is 12.1. The van der Waals surface area contributed by atoms with Crippen molar-refractivity contribution in [1.29, 1.82) is 5.26 Å². The lowest BCUT2D eigenvalue weighted by atomic mass is 9.51.